The Labute approximate surface area is 367 Å². The van der Waals surface area contributed by atoms with Crippen LogP contribution in [0.25, 0.3) is 22.9 Å². The SMILES string of the molecule is Fc1c(F)c(F)c(-c2n[n-]c(-c3ccccn3)n2)c(F)c1F.[Cu+].c1ccc([PH+](c2ccccc2)c2ccccc2Oc2ccccc2[PH+](c2ccccc2)c2ccccc2)cc1. The van der Waals surface area contributed by atoms with E-state index in [4.69, 9.17) is 4.74 Å². The first-order valence-corrected chi connectivity index (χ1v) is 22.0. The van der Waals surface area contributed by atoms with Crippen molar-refractivity contribution < 1.29 is 43.8 Å². The summed E-state index contributed by atoms with van der Waals surface area (Å²) in [6.07, 6.45) is 1.42. The van der Waals surface area contributed by atoms with Crippen molar-refractivity contribution in [2.75, 3.05) is 0 Å². The maximum atomic E-state index is 13.7. The molecule has 0 aliphatic rings. The minimum Gasteiger partial charge on any atom is -0.449 e. The topological polar surface area (TPSA) is 62.0 Å². The summed E-state index contributed by atoms with van der Waals surface area (Å²) in [4.78, 5) is 7.55. The first-order chi connectivity index (χ1) is 29.9. The fourth-order valence-corrected chi connectivity index (χ4v) is 12.1. The summed E-state index contributed by atoms with van der Waals surface area (Å²) in [5.74, 6) is -9.39. The van der Waals surface area contributed by atoms with Crippen LogP contribution in [0.3, 0.4) is 0 Å². The van der Waals surface area contributed by atoms with Crippen LogP contribution in [0.15, 0.2) is 194 Å². The molecule has 0 saturated heterocycles. The molecule has 0 fully saturated rings. The minimum atomic E-state index is -2.25. The molecule has 7 aromatic carbocycles. The normalized spacial score (nSPS) is 10.8. The standard InChI is InChI=1S/C36H28OP2.C13H4F5N4.Cu/c1-5-17-29(18-6-1)38(30-19-7-2-8-20-30)35-27-15-13-25-33(35)37-34-26-14-16-28-36(34)39(31-21-9-3-10-22-31)32-23-11-4-12-24-32;14-7-6(8(15)10(17)11(18)9(7)16)13-20-12(21-22-13)5-3-1-2-4-19-5;/h1-28H;1-4H;/q;-1;+1/p+2. The average Bonchev–Trinajstić information content (AvgIpc) is 3.81. The molecule has 0 unspecified atom stereocenters. The molecular formula is C49H34CuF5N4OP2+2. The Bertz CT molecular complexity index is 2630. The van der Waals surface area contributed by atoms with Gasteiger partial charge in [-0.3, -0.25) is 10.1 Å². The Morgan fingerprint density at radius 2 is 0.790 bits per heavy atom. The van der Waals surface area contributed by atoms with Crippen molar-refractivity contribution in [1.82, 2.24) is 20.2 Å². The smallest absolute Gasteiger partial charge is 0.449 e. The van der Waals surface area contributed by atoms with Crippen molar-refractivity contribution in [3.05, 3.63) is 223 Å². The molecule has 2 heterocycles. The number of nitrogens with zero attached hydrogens (tertiary/aromatic N) is 4. The molecule has 0 saturated carbocycles. The van der Waals surface area contributed by atoms with Crippen molar-refractivity contribution in [3.63, 3.8) is 0 Å². The number of pyridine rings is 1. The molecule has 9 aromatic rings. The number of hydrogen-bond donors (Lipinski definition) is 0. The van der Waals surface area contributed by atoms with Gasteiger partial charge in [-0.1, -0.05) is 103 Å². The average molecular weight is 915 g/mol. The van der Waals surface area contributed by atoms with E-state index in [2.05, 4.69) is 190 Å². The summed E-state index contributed by atoms with van der Waals surface area (Å²) in [6.45, 7) is 0. The molecule has 0 atom stereocenters. The van der Waals surface area contributed by atoms with Gasteiger partial charge >= 0.3 is 17.1 Å². The number of hydrogen-bond acceptors (Lipinski definition) is 4. The van der Waals surface area contributed by atoms with E-state index in [0.29, 0.717) is 0 Å². The second-order valence-electron chi connectivity index (χ2n) is 13.4. The Balaban J connectivity index is 0.000000214. The molecule has 0 N–H and O–H groups in total. The number of rotatable bonds is 10. The van der Waals surface area contributed by atoms with Crippen LogP contribution in [0, 0.1) is 29.1 Å². The van der Waals surface area contributed by atoms with Crippen molar-refractivity contribution in [3.8, 4) is 34.4 Å². The molecule has 0 aliphatic carbocycles. The molecule has 0 radical (unpaired) electrons. The van der Waals surface area contributed by atoms with Crippen LogP contribution in [0.1, 0.15) is 0 Å². The van der Waals surface area contributed by atoms with Gasteiger partial charge in [0, 0.05) is 6.20 Å². The second-order valence-corrected chi connectivity index (χ2v) is 18.3. The van der Waals surface area contributed by atoms with Gasteiger partial charge < -0.3 is 14.8 Å². The summed E-state index contributed by atoms with van der Waals surface area (Å²) in [7, 11) is -2.56. The van der Waals surface area contributed by atoms with Crippen LogP contribution >= 0.6 is 15.8 Å². The van der Waals surface area contributed by atoms with Crippen LogP contribution in [-0.4, -0.2) is 15.1 Å². The molecule has 5 nitrogen and oxygen atoms in total. The van der Waals surface area contributed by atoms with E-state index in [0.717, 1.165) is 11.5 Å². The predicted molar refractivity (Wildman–Crippen MR) is 237 cm³/mol. The van der Waals surface area contributed by atoms with E-state index < -0.39 is 56.3 Å². The van der Waals surface area contributed by atoms with E-state index >= 15 is 0 Å². The second kappa shape index (κ2) is 20.5. The van der Waals surface area contributed by atoms with Gasteiger partial charge in [0.1, 0.15) is 47.7 Å². The van der Waals surface area contributed by atoms with Gasteiger partial charge in [-0.25, -0.2) is 22.0 Å². The van der Waals surface area contributed by atoms with E-state index in [1.165, 1.54) is 44.1 Å². The summed E-state index contributed by atoms with van der Waals surface area (Å²) in [5, 5.41) is 14.8. The van der Waals surface area contributed by atoms with Gasteiger partial charge in [-0.15, -0.1) is 0 Å². The molecule has 9 rings (SSSR count). The third kappa shape index (κ3) is 9.58. The zero-order valence-electron chi connectivity index (χ0n) is 32.4. The number of halogens is 5. The molecule has 310 valence electrons. The van der Waals surface area contributed by atoms with Gasteiger partial charge in [0.05, 0.1) is 17.1 Å². The zero-order chi connectivity index (χ0) is 42.1. The molecule has 62 heavy (non-hydrogen) atoms. The van der Waals surface area contributed by atoms with E-state index in [9.17, 15) is 22.0 Å². The van der Waals surface area contributed by atoms with Gasteiger partial charge in [0.15, 0.2) is 34.8 Å². The minimum absolute atomic E-state index is 0. The fraction of sp³-hybridized carbons (Fsp3) is 0. The number of aromatic nitrogens is 4. The Morgan fingerprint density at radius 3 is 1.19 bits per heavy atom. The quantitative estimate of drug-likeness (QED) is 0.0451. The van der Waals surface area contributed by atoms with Crippen molar-refractivity contribution in [2.45, 2.75) is 0 Å². The Morgan fingerprint density at radius 1 is 0.419 bits per heavy atom. The van der Waals surface area contributed by atoms with Gasteiger partial charge in [-0.05, 0) is 90.8 Å². The molecule has 0 aliphatic heterocycles. The van der Waals surface area contributed by atoms with Crippen molar-refractivity contribution >= 4 is 47.7 Å². The number of para-hydroxylation sites is 2. The monoisotopic (exact) mass is 914 g/mol. The van der Waals surface area contributed by atoms with Crippen LogP contribution in [0.4, 0.5) is 22.0 Å². The summed E-state index contributed by atoms with van der Waals surface area (Å²) >= 11 is 0. The van der Waals surface area contributed by atoms with Crippen LogP contribution in [-0.2, 0) is 17.1 Å². The van der Waals surface area contributed by atoms with Crippen molar-refractivity contribution in [1.29, 1.82) is 0 Å². The maximum Gasteiger partial charge on any atom is 1.00 e. The first-order valence-electron chi connectivity index (χ1n) is 19.0. The maximum absolute atomic E-state index is 13.7. The van der Waals surface area contributed by atoms with Crippen LogP contribution in [0.2, 0.25) is 0 Å². The van der Waals surface area contributed by atoms with E-state index in [1.54, 1.807) is 12.1 Å². The summed E-state index contributed by atoms with van der Waals surface area (Å²) < 4.78 is 73.6. The van der Waals surface area contributed by atoms with Crippen LogP contribution in [0.5, 0.6) is 11.5 Å². The molecule has 13 heteroatoms. The van der Waals surface area contributed by atoms with Gasteiger partial charge in [0.25, 0.3) is 0 Å². The van der Waals surface area contributed by atoms with E-state index in [1.807, 2.05) is 0 Å². The molecular weight excluding hydrogens is 881 g/mol. The Hall–Kier alpha value is -6.34. The largest absolute Gasteiger partial charge is 1.00 e. The third-order valence-corrected chi connectivity index (χ3v) is 15.1. The predicted octanol–water partition coefficient (Wildman–Crippen LogP) is 9.32. The fourth-order valence-electron chi connectivity index (χ4n) is 6.77. The number of ether oxygens (including phenoxy) is 1. The van der Waals surface area contributed by atoms with Gasteiger partial charge in [-0.2, -0.15) is 0 Å². The molecule has 0 amide bonds. The number of benzene rings is 7. The first kappa shape index (κ1) is 43.7. The van der Waals surface area contributed by atoms with Crippen molar-refractivity contribution in [2.24, 2.45) is 0 Å². The van der Waals surface area contributed by atoms with Gasteiger partial charge in [0.2, 0.25) is 5.82 Å². The molecule has 0 bridgehead atoms. The Kier molecular flexibility index (Phi) is 14.4. The molecule has 0 spiro atoms. The summed E-state index contributed by atoms with van der Waals surface area (Å²) in [6, 6.07) is 65.3. The van der Waals surface area contributed by atoms with E-state index in [-0.39, 0.29) is 28.6 Å². The third-order valence-electron chi connectivity index (χ3n) is 9.56. The summed E-state index contributed by atoms with van der Waals surface area (Å²) in [5.41, 5.74) is -0.990. The zero-order valence-corrected chi connectivity index (χ0v) is 35.3. The van der Waals surface area contributed by atoms with Crippen LogP contribution < -0.4 is 41.7 Å². The molecule has 2 aromatic heterocycles.